The maximum absolute atomic E-state index is 9.56. The number of nitrogens with two attached hydrogens (primary N) is 1. The first-order valence-electron chi connectivity index (χ1n) is 6.99. The third kappa shape index (κ3) is 3.85. The van der Waals surface area contributed by atoms with Crippen LogP contribution in [0, 0.1) is 22.7 Å². The number of aliphatic hydroxyl groups excluding tert-OH is 1. The van der Waals surface area contributed by atoms with Crippen molar-refractivity contribution >= 4 is 49.3 Å². The van der Waals surface area contributed by atoms with Crippen molar-refractivity contribution in [1.82, 2.24) is 9.78 Å². The number of ether oxygens (including phenoxy) is 1. The van der Waals surface area contributed by atoms with Crippen LogP contribution < -0.4 is 10.5 Å². The highest BCUT2D eigenvalue weighted by molar-refractivity contribution is 9.11. The van der Waals surface area contributed by atoms with Gasteiger partial charge in [0.2, 0.25) is 0 Å². The molecule has 9 heteroatoms. The summed E-state index contributed by atoms with van der Waals surface area (Å²) < 4.78 is 8.16. The van der Waals surface area contributed by atoms with Gasteiger partial charge in [-0.1, -0.05) is 15.9 Å². The van der Waals surface area contributed by atoms with Crippen LogP contribution in [0.25, 0.3) is 11.6 Å². The molecule has 3 N–H and O–H groups in total. The Labute approximate surface area is 161 Å². The fraction of sp³-hybridized carbons (Fsp3) is 0.188. The number of anilines is 1. The Morgan fingerprint density at radius 1 is 1.44 bits per heavy atom. The molecule has 0 amide bonds. The number of allylic oxidation sites excluding steroid dienone is 1. The molecule has 1 aromatic carbocycles. The minimum Gasteiger partial charge on any atom is -0.495 e. The van der Waals surface area contributed by atoms with Gasteiger partial charge in [-0.2, -0.15) is 15.6 Å². The topological polar surface area (TPSA) is 121 Å². The molecule has 0 saturated carbocycles. The summed E-state index contributed by atoms with van der Waals surface area (Å²) in [5, 5.41) is 32.2. The summed E-state index contributed by atoms with van der Waals surface area (Å²) in [6, 6.07) is 7.60. The van der Waals surface area contributed by atoms with Crippen molar-refractivity contribution in [3.8, 4) is 17.9 Å². The van der Waals surface area contributed by atoms with E-state index >= 15 is 0 Å². The summed E-state index contributed by atoms with van der Waals surface area (Å²) in [7, 11) is 1.52. The summed E-state index contributed by atoms with van der Waals surface area (Å²) in [5.41, 5.74) is 6.91. The molecule has 1 aromatic heterocycles. The fourth-order valence-electron chi connectivity index (χ4n) is 2.25. The van der Waals surface area contributed by atoms with Crippen LogP contribution in [-0.2, 0) is 6.54 Å². The Hall–Kier alpha value is -2.33. The van der Waals surface area contributed by atoms with Gasteiger partial charge in [-0.15, -0.1) is 0 Å². The third-order valence-corrected chi connectivity index (χ3v) is 4.38. The Bertz CT molecular complexity index is 922. The lowest BCUT2D eigenvalue weighted by Crippen LogP contribution is -2.07. The Balaban J connectivity index is 2.67. The molecule has 128 valence electrons. The molecule has 0 aliphatic carbocycles. The molecule has 7 nitrogen and oxygen atoms in total. The number of benzene rings is 1. The van der Waals surface area contributed by atoms with Gasteiger partial charge < -0.3 is 15.6 Å². The largest absolute Gasteiger partial charge is 0.495 e. The summed E-state index contributed by atoms with van der Waals surface area (Å²) in [6.07, 6.45) is 1.57. The fourth-order valence-corrected chi connectivity index (χ4v) is 3.67. The summed E-state index contributed by atoms with van der Waals surface area (Å²) in [5.74, 6) is 0.646. The van der Waals surface area contributed by atoms with Crippen molar-refractivity contribution in [3.05, 3.63) is 37.9 Å². The lowest BCUT2D eigenvalue weighted by molar-refractivity contribution is 0.270. The van der Waals surface area contributed by atoms with Crippen molar-refractivity contribution in [2.75, 3.05) is 19.5 Å². The van der Waals surface area contributed by atoms with Gasteiger partial charge in [0.1, 0.15) is 35.0 Å². The second-order valence-corrected chi connectivity index (χ2v) is 6.62. The molecule has 0 atom stereocenters. The second kappa shape index (κ2) is 8.17. The van der Waals surface area contributed by atoms with E-state index in [1.165, 1.54) is 11.8 Å². The number of methoxy groups -OCH3 is 1. The van der Waals surface area contributed by atoms with Crippen LogP contribution in [0.5, 0.6) is 5.75 Å². The molecule has 2 aromatic rings. The zero-order chi connectivity index (χ0) is 18.6. The predicted molar refractivity (Wildman–Crippen MR) is 100 cm³/mol. The molecule has 0 aliphatic rings. The van der Waals surface area contributed by atoms with Crippen LogP contribution in [0.3, 0.4) is 0 Å². The molecule has 0 saturated heterocycles. The van der Waals surface area contributed by atoms with Crippen LogP contribution in [0.4, 0.5) is 5.82 Å². The molecule has 0 radical (unpaired) electrons. The first kappa shape index (κ1) is 19.0. The minimum atomic E-state index is -0.186. The maximum Gasteiger partial charge on any atom is 0.140 e. The first-order valence-corrected chi connectivity index (χ1v) is 8.57. The molecular weight excluding hydrogens is 454 g/mol. The number of aliphatic hydroxyl groups is 1. The summed E-state index contributed by atoms with van der Waals surface area (Å²) >= 11 is 6.79. The molecule has 0 spiro atoms. The van der Waals surface area contributed by atoms with E-state index in [9.17, 15) is 10.5 Å². The molecule has 0 fully saturated rings. The average Bonchev–Trinajstić information content (AvgIpc) is 2.88. The number of rotatable bonds is 5. The number of nitrogen functional groups attached to an aromatic ring is 1. The van der Waals surface area contributed by atoms with Crippen molar-refractivity contribution in [2.24, 2.45) is 0 Å². The van der Waals surface area contributed by atoms with Gasteiger partial charge in [0.15, 0.2) is 0 Å². The summed E-state index contributed by atoms with van der Waals surface area (Å²) in [4.78, 5) is 0. The molecule has 0 unspecified atom stereocenters. The van der Waals surface area contributed by atoms with Crippen molar-refractivity contribution in [1.29, 1.82) is 10.5 Å². The van der Waals surface area contributed by atoms with Crippen molar-refractivity contribution in [2.45, 2.75) is 6.54 Å². The predicted octanol–water partition coefficient (Wildman–Crippen LogP) is 2.93. The third-order valence-electron chi connectivity index (χ3n) is 3.33. The quantitative estimate of drug-likeness (QED) is 0.653. The monoisotopic (exact) mass is 465 g/mol. The SMILES string of the molecule is COc1c(Br)cc(Br)cc1C=C(C#N)c1nn(CCO)c(N)c1C#N. The lowest BCUT2D eigenvalue weighted by atomic mass is 10.1. The number of nitriles is 2. The average molecular weight is 467 g/mol. The van der Waals surface area contributed by atoms with E-state index in [2.05, 4.69) is 37.0 Å². The Morgan fingerprint density at radius 3 is 2.72 bits per heavy atom. The van der Waals surface area contributed by atoms with Gasteiger partial charge >= 0.3 is 0 Å². The number of halogens is 2. The highest BCUT2D eigenvalue weighted by Gasteiger charge is 2.19. The highest BCUT2D eigenvalue weighted by atomic mass is 79.9. The number of aromatic nitrogens is 2. The van der Waals surface area contributed by atoms with E-state index in [0.717, 1.165) is 4.47 Å². The molecule has 0 aliphatic heterocycles. The zero-order valence-corrected chi connectivity index (χ0v) is 16.3. The normalized spacial score (nSPS) is 11.0. The highest BCUT2D eigenvalue weighted by Crippen LogP contribution is 2.35. The maximum atomic E-state index is 9.56. The number of hydrogen-bond donors (Lipinski definition) is 2. The zero-order valence-electron chi connectivity index (χ0n) is 13.1. The first-order chi connectivity index (χ1) is 12.0. The number of hydrogen-bond acceptors (Lipinski definition) is 6. The minimum absolute atomic E-state index is 0.0919. The van der Waals surface area contributed by atoms with Gasteiger partial charge in [-0.25, -0.2) is 4.68 Å². The van der Waals surface area contributed by atoms with Crippen LogP contribution in [0.2, 0.25) is 0 Å². The molecule has 25 heavy (non-hydrogen) atoms. The number of nitrogens with zero attached hydrogens (tertiary/aromatic N) is 4. The van der Waals surface area contributed by atoms with Gasteiger partial charge in [0.25, 0.3) is 0 Å². The smallest absolute Gasteiger partial charge is 0.140 e. The van der Waals surface area contributed by atoms with E-state index in [1.54, 1.807) is 12.1 Å². The van der Waals surface area contributed by atoms with Crippen LogP contribution in [0.15, 0.2) is 21.1 Å². The van der Waals surface area contributed by atoms with E-state index in [4.69, 9.17) is 15.6 Å². The van der Waals surface area contributed by atoms with E-state index in [1.807, 2.05) is 18.2 Å². The lowest BCUT2D eigenvalue weighted by Gasteiger charge is -2.08. The van der Waals surface area contributed by atoms with E-state index < -0.39 is 0 Å². The summed E-state index contributed by atoms with van der Waals surface area (Å²) in [6.45, 7) is -0.0564. The van der Waals surface area contributed by atoms with Crippen molar-refractivity contribution < 1.29 is 9.84 Å². The molecule has 1 heterocycles. The van der Waals surface area contributed by atoms with Crippen molar-refractivity contribution in [3.63, 3.8) is 0 Å². The van der Waals surface area contributed by atoms with E-state index in [-0.39, 0.29) is 35.8 Å². The molecule has 0 bridgehead atoms. The van der Waals surface area contributed by atoms with E-state index in [0.29, 0.717) is 15.8 Å². The van der Waals surface area contributed by atoms with Gasteiger partial charge in [0, 0.05) is 10.0 Å². The second-order valence-electron chi connectivity index (χ2n) is 4.85. The van der Waals surface area contributed by atoms with Crippen LogP contribution >= 0.6 is 31.9 Å². The molecular formula is C16H13Br2N5O2. The van der Waals surface area contributed by atoms with Crippen LogP contribution in [-0.4, -0.2) is 28.6 Å². The Kier molecular flexibility index (Phi) is 6.21. The van der Waals surface area contributed by atoms with Crippen LogP contribution in [0.1, 0.15) is 16.8 Å². The Morgan fingerprint density at radius 2 is 2.16 bits per heavy atom. The van der Waals surface area contributed by atoms with Gasteiger partial charge in [0.05, 0.1) is 30.3 Å². The van der Waals surface area contributed by atoms with Gasteiger partial charge in [-0.3, -0.25) is 0 Å². The van der Waals surface area contributed by atoms with Gasteiger partial charge in [-0.05, 0) is 34.1 Å². The standard InChI is InChI=1S/C16H13Br2N5O2/c1-25-15-9(5-11(17)6-13(15)18)4-10(7-19)14-12(8-20)16(21)23(22-14)2-3-24/h4-6,24H,2-3,21H2,1H3. The molecule has 2 rings (SSSR count).